The van der Waals surface area contributed by atoms with Crippen LogP contribution in [-0.2, 0) is 10.5 Å². The van der Waals surface area contributed by atoms with Gasteiger partial charge in [-0.3, -0.25) is 4.79 Å². The maximum atomic E-state index is 12.3. The molecule has 4 nitrogen and oxygen atoms in total. The Morgan fingerprint density at radius 1 is 1.19 bits per heavy atom. The topological polar surface area (TPSA) is 59.3 Å². The lowest BCUT2D eigenvalue weighted by atomic mass is 9.86. The van der Waals surface area contributed by atoms with Gasteiger partial charge in [0.25, 0.3) is 0 Å². The van der Waals surface area contributed by atoms with Gasteiger partial charge in [-0.25, -0.2) is 4.79 Å². The van der Waals surface area contributed by atoms with E-state index >= 15 is 0 Å². The van der Waals surface area contributed by atoms with Gasteiger partial charge >= 0.3 is 5.63 Å². The van der Waals surface area contributed by atoms with Gasteiger partial charge in [0.1, 0.15) is 5.58 Å². The van der Waals surface area contributed by atoms with E-state index in [9.17, 15) is 9.59 Å². The predicted octanol–water partition coefficient (Wildman–Crippen LogP) is 4.34. The van der Waals surface area contributed by atoms with E-state index in [4.69, 9.17) is 4.42 Å². The lowest BCUT2D eigenvalue weighted by Crippen LogP contribution is -2.41. The minimum absolute atomic E-state index is 0.0908. The molecule has 1 saturated carbocycles. The maximum Gasteiger partial charge on any atom is 0.336 e. The number of hydrogen-bond donors (Lipinski definition) is 1. The number of hydrogen-bond acceptors (Lipinski definition) is 4. The smallest absolute Gasteiger partial charge is 0.336 e. The zero-order valence-electron chi connectivity index (χ0n) is 15.8. The zero-order chi connectivity index (χ0) is 18.7. The summed E-state index contributed by atoms with van der Waals surface area (Å²) in [4.78, 5) is 24.1. The molecule has 1 amide bonds. The summed E-state index contributed by atoms with van der Waals surface area (Å²) in [7, 11) is 0. The number of benzene rings is 1. The van der Waals surface area contributed by atoms with Gasteiger partial charge in [-0.05, 0) is 61.4 Å². The van der Waals surface area contributed by atoms with Crippen LogP contribution in [0.1, 0.15) is 49.3 Å². The highest BCUT2D eigenvalue weighted by Crippen LogP contribution is 2.26. The molecule has 1 aromatic heterocycles. The fraction of sp³-hybridized carbons (Fsp3) is 0.524. The second-order valence-electron chi connectivity index (χ2n) is 7.45. The molecule has 26 heavy (non-hydrogen) atoms. The number of nitrogens with one attached hydrogen (secondary N) is 1. The van der Waals surface area contributed by atoms with E-state index in [1.165, 1.54) is 24.8 Å². The number of rotatable bonds is 5. The number of aryl methyl sites for hydroxylation is 2. The van der Waals surface area contributed by atoms with E-state index in [1.807, 2.05) is 13.0 Å². The number of carbonyl (C=O) groups is 1. The molecule has 140 valence electrons. The third-order valence-corrected chi connectivity index (χ3v) is 6.37. The first-order chi connectivity index (χ1) is 12.4. The van der Waals surface area contributed by atoms with E-state index in [-0.39, 0.29) is 11.5 Å². The van der Waals surface area contributed by atoms with Crippen LogP contribution in [0.15, 0.2) is 27.4 Å². The van der Waals surface area contributed by atoms with Crippen molar-refractivity contribution >= 4 is 28.6 Å². The molecule has 2 aromatic rings. The molecule has 1 aliphatic rings. The molecule has 1 heterocycles. The first kappa shape index (κ1) is 19.0. The standard InChI is InChI=1S/C21H27NO3S/c1-13-6-4-5-7-18(13)22-20(23)12-26-11-16-10-21(24)25-19-9-15(3)14(2)8-17(16)19/h8-10,13,18H,4-7,11-12H2,1-3H3,(H,22,23)/t13-,18-/m0/s1. The Balaban J connectivity index is 1.63. The van der Waals surface area contributed by atoms with E-state index in [0.29, 0.717) is 29.0 Å². The number of carbonyl (C=O) groups excluding carboxylic acids is 1. The van der Waals surface area contributed by atoms with Gasteiger partial charge in [0, 0.05) is 23.2 Å². The summed E-state index contributed by atoms with van der Waals surface area (Å²) >= 11 is 1.55. The average molecular weight is 374 g/mol. The second-order valence-corrected chi connectivity index (χ2v) is 8.44. The van der Waals surface area contributed by atoms with Gasteiger partial charge < -0.3 is 9.73 Å². The van der Waals surface area contributed by atoms with E-state index in [0.717, 1.165) is 22.9 Å². The zero-order valence-corrected chi connectivity index (χ0v) is 16.6. The summed E-state index contributed by atoms with van der Waals surface area (Å²) < 4.78 is 5.33. The summed E-state index contributed by atoms with van der Waals surface area (Å²) in [6, 6.07) is 5.84. The molecule has 0 bridgehead atoms. The van der Waals surface area contributed by atoms with Crippen LogP contribution in [0.5, 0.6) is 0 Å². The molecule has 1 aromatic carbocycles. The number of amides is 1. The van der Waals surface area contributed by atoms with Crippen molar-refractivity contribution in [2.45, 2.75) is 58.2 Å². The minimum atomic E-state index is -0.336. The van der Waals surface area contributed by atoms with E-state index in [1.54, 1.807) is 17.8 Å². The maximum absolute atomic E-state index is 12.3. The van der Waals surface area contributed by atoms with Crippen LogP contribution in [0.3, 0.4) is 0 Å². The van der Waals surface area contributed by atoms with Crippen LogP contribution in [0.4, 0.5) is 0 Å². The highest BCUT2D eigenvalue weighted by atomic mass is 32.2. The average Bonchev–Trinajstić information content (AvgIpc) is 2.58. The summed E-state index contributed by atoms with van der Waals surface area (Å²) in [6.45, 7) is 6.28. The Kier molecular flexibility index (Phi) is 6.07. The molecule has 0 spiro atoms. The van der Waals surface area contributed by atoms with Crippen molar-refractivity contribution in [3.05, 3.63) is 45.3 Å². The van der Waals surface area contributed by atoms with E-state index in [2.05, 4.69) is 25.2 Å². The van der Waals surface area contributed by atoms with Crippen LogP contribution >= 0.6 is 11.8 Å². The van der Waals surface area contributed by atoms with Crippen molar-refractivity contribution in [3.63, 3.8) is 0 Å². The predicted molar refractivity (Wildman–Crippen MR) is 108 cm³/mol. The van der Waals surface area contributed by atoms with Crippen molar-refractivity contribution in [3.8, 4) is 0 Å². The molecular formula is C21H27NO3S. The minimum Gasteiger partial charge on any atom is -0.423 e. The van der Waals surface area contributed by atoms with Gasteiger partial charge in [0.15, 0.2) is 0 Å². The largest absolute Gasteiger partial charge is 0.423 e. The van der Waals surface area contributed by atoms with Gasteiger partial charge in [-0.2, -0.15) is 0 Å². The van der Waals surface area contributed by atoms with E-state index < -0.39 is 0 Å². The first-order valence-electron chi connectivity index (χ1n) is 9.35. The molecule has 0 aliphatic heterocycles. The Bertz CT molecular complexity index is 858. The molecule has 5 heteroatoms. The van der Waals surface area contributed by atoms with Crippen LogP contribution in [0, 0.1) is 19.8 Å². The molecular weight excluding hydrogens is 346 g/mol. The van der Waals surface area contributed by atoms with Crippen LogP contribution in [-0.4, -0.2) is 17.7 Å². The quantitative estimate of drug-likeness (QED) is 0.792. The fourth-order valence-electron chi connectivity index (χ4n) is 3.64. The third-order valence-electron chi connectivity index (χ3n) is 5.39. The Morgan fingerprint density at radius 2 is 1.92 bits per heavy atom. The molecule has 1 aliphatic carbocycles. The van der Waals surface area contributed by atoms with Crippen molar-refractivity contribution in [2.24, 2.45) is 5.92 Å². The SMILES string of the molecule is Cc1cc2oc(=O)cc(CSCC(=O)N[C@H]3CCCC[C@@H]3C)c2cc1C. The molecule has 1 fully saturated rings. The highest BCUT2D eigenvalue weighted by molar-refractivity contribution is 7.99. The Labute approximate surface area is 158 Å². The normalized spacial score (nSPS) is 20.3. The van der Waals surface area contributed by atoms with Crippen LogP contribution < -0.4 is 10.9 Å². The molecule has 2 atom stereocenters. The molecule has 1 N–H and O–H groups in total. The molecule has 0 unspecified atom stereocenters. The second kappa shape index (κ2) is 8.30. The van der Waals surface area contributed by atoms with Crippen molar-refractivity contribution in [1.29, 1.82) is 0 Å². The van der Waals surface area contributed by atoms with Crippen molar-refractivity contribution < 1.29 is 9.21 Å². The summed E-state index contributed by atoms with van der Waals surface area (Å²) in [6.07, 6.45) is 4.75. The lowest BCUT2D eigenvalue weighted by molar-refractivity contribution is -0.119. The van der Waals surface area contributed by atoms with Crippen LogP contribution in [0.2, 0.25) is 0 Å². The third kappa shape index (κ3) is 4.50. The fourth-order valence-corrected chi connectivity index (χ4v) is 4.46. The van der Waals surface area contributed by atoms with Gasteiger partial charge in [0.05, 0.1) is 5.75 Å². The summed E-state index contributed by atoms with van der Waals surface area (Å²) in [5.41, 5.74) is 3.49. The van der Waals surface area contributed by atoms with Crippen LogP contribution in [0.25, 0.3) is 11.0 Å². The van der Waals surface area contributed by atoms with Gasteiger partial charge in [-0.1, -0.05) is 19.8 Å². The molecule has 0 saturated heterocycles. The Hall–Kier alpha value is -1.75. The van der Waals surface area contributed by atoms with Crippen molar-refractivity contribution in [1.82, 2.24) is 5.32 Å². The van der Waals surface area contributed by atoms with Crippen molar-refractivity contribution in [2.75, 3.05) is 5.75 Å². The number of thioether (sulfide) groups is 1. The first-order valence-corrected chi connectivity index (χ1v) is 10.5. The summed E-state index contributed by atoms with van der Waals surface area (Å²) in [5.74, 6) is 1.69. The lowest BCUT2D eigenvalue weighted by Gasteiger charge is -2.29. The molecule has 3 rings (SSSR count). The Morgan fingerprint density at radius 3 is 2.69 bits per heavy atom. The molecule has 0 radical (unpaired) electrons. The summed E-state index contributed by atoms with van der Waals surface area (Å²) in [5, 5.41) is 4.14. The van der Waals surface area contributed by atoms with Gasteiger partial charge in [-0.15, -0.1) is 11.8 Å². The van der Waals surface area contributed by atoms with Gasteiger partial charge in [0.2, 0.25) is 5.91 Å². The number of fused-ring (bicyclic) bond motifs is 1. The highest BCUT2D eigenvalue weighted by Gasteiger charge is 2.22. The monoisotopic (exact) mass is 373 g/mol.